The number of benzene rings is 16. The fourth-order valence-electron chi connectivity index (χ4n) is 17.0. The maximum atomic E-state index is 6.82. The molecular weight excluding hydrogens is 1290 g/mol. The second-order valence-corrected chi connectivity index (χ2v) is 29.2. The van der Waals surface area contributed by atoms with Gasteiger partial charge in [-0.05, 0) is 215 Å². The Hall–Kier alpha value is -13.4. The first-order valence-corrected chi connectivity index (χ1v) is 36.5. The van der Waals surface area contributed by atoms with Crippen molar-refractivity contribution in [1.82, 2.24) is 9.97 Å². The highest BCUT2D eigenvalue weighted by Gasteiger charge is 2.38. The van der Waals surface area contributed by atoms with E-state index >= 15 is 0 Å². The van der Waals surface area contributed by atoms with Crippen LogP contribution in [0.25, 0.3) is 145 Å². The second kappa shape index (κ2) is 24.7. The first-order chi connectivity index (χ1) is 52.0. The van der Waals surface area contributed by atoms with Gasteiger partial charge in [0.2, 0.25) is 11.8 Å². The number of aromatic nitrogens is 2. The van der Waals surface area contributed by atoms with Crippen molar-refractivity contribution in [3.63, 3.8) is 0 Å². The van der Waals surface area contributed by atoms with Gasteiger partial charge in [-0.3, -0.25) is 0 Å². The Balaban J connectivity index is 0.660. The van der Waals surface area contributed by atoms with Gasteiger partial charge in [0.05, 0.1) is 5.69 Å². The zero-order valence-corrected chi connectivity index (χ0v) is 59.1. The maximum Gasteiger partial charge on any atom is 0.227 e. The first kappa shape index (κ1) is 62.4. The van der Waals surface area contributed by atoms with Crippen LogP contribution in [0.5, 0.6) is 0 Å². The van der Waals surface area contributed by atoms with Crippen molar-refractivity contribution in [2.75, 3.05) is 9.80 Å². The van der Waals surface area contributed by atoms with Crippen molar-refractivity contribution >= 4 is 77.9 Å². The van der Waals surface area contributed by atoms with Crippen molar-refractivity contribution in [2.24, 2.45) is 0 Å². The quantitative estimate of drug-likeness (QED) is 0.115. The molecule has 0 aliphatic heterocycles. The largest absolute Gasteiger partial charge is 0.436 e. The van der Waals surface area contributed by atoms with E-state index in [1.165, 1.54) is 55.6 Å². The lowest BCUT2D eigenvalue weighted by Crippen LogP contribution is -2.17. The van der Waals surface area contributed by atoms with Crippen LogP contribution < -0.4 is 9.80 Å². The maximum absolute atomic E-state index is 6.82. The van der Waals surface area contributed by atoms with Gasteiger partial charge in [0.1, 0.15) is 11.0 Å². The van der Waals surface area contributed by atoms with E-state index in [0.29, 0.717) is 11.8 Å². The average molecular weight is 1360 g/mol. The summed E-state index contributed by atoms with van der Waals surface area (Å²) in [4.78, 5) is 15.2. The topological polar surface area (TPSA) is 58.5 Å². The Morgan fingerprint density at radius 3 is 1.33 bits per heavy atom. The normalized spacial score (nSPS) is 13.1. The van der Waals surface area contributed by atoms with Gasteiger partial charge >= 0.3 is 0 Å². The summed E-state index contributed by atoms with van der Waals surface area (Å²) in [6.07, 6.45) is 0. The van der Waals surface area contributed by atoms with Crippen molar-refractivity contribution in [3.05, 3.63) is 374 Å². The van der Waals surface area contributed by atoms with Gasteiger partial charge in [-0.15, -0.1) is 0 Å². The molecule has 106 heavy (non-hydrogen) atoms. The predicted molar refractivity (Wildman–Crippen MR) is 439 cm³/mol. The fourth-order valence-corrected chi connectivity index (χ4v) is 17.0. The van der Waals surface area contributed by atoms with Crippen LogP contribution >= 0.6 is 0 Å². The van der Waals surface area contributed by atoms with Gasteiger partial charge in [-0.25, -0.2) is 9.97 Å². The van der Waals surface area contributed by atoms with Crippen molar-refractivity contribution < 1.29 is 8.83 Å². The highest BCUT2D eigenvalue weighted by atomic mass is 16.4. The summed E-state index contributed by atoms with van der Waals surface area (Å²) in [6, 6.07) is 127. The lowest BCUT2D eigenvalue weighted by Gasteiger charge is -2.30. The molecule has 0 spiro atoms. The van der Waals surface area contributed by atoms with Gasteiger partial charge in [-0.1, -0.05) is 270 Å². The zero-order chi connectivity index (χ0) is 70.8. The van der Waals surface area contributed by atoms with Crippen molar-refractivity contribution in [1.29, 1.82) is 0 Å². The second-order valence-electron chi connectivity index (χ2n) is 29.2. The van der Waals surface area contributed by atoms with E-state index in [-0.39, 0.29) is 10.8 Å². The zero-order valence-electron chi connectivity index (χ0n) is 59.1. The van der Waals surface area contributed by atoms with Crippen molar-refractivity contribution in [2.45, 2.75) is 38.5 Å². The van der Waals surface area contributed by atoms with E-state index < -0.39 is 0 Å². The lowest BCUT2D eigenvalue weighted by molar-refractivity contribution is 0.620. The molecule has 0 bridgehead atoms. The van der Waals surface area contributed by atoms with E-state index in [4.69, 9.17) is 18.8 Å². The molecule has 502 valence electrons. The molecule has 6 nitrogen and oxygen atoms in total. The lowest BCUT2D eigenvalue weighted by atomic mass is 9.82. The molecule has 0 saturated heterocycles. The molecule has 0 atom stereocenters. The number of nitrogens with zero attached hydrogens (tertiary/aromatic N) is 4. The summed E-state index contributed by atoms with van der Waals surface area (Å²) < 4.78 is 13.4. The summed E-state index contributed by atoms with van der Waals surface area (Å²) >= 11 is 0. The van der Waals surface area contributed by atoms with Gasteiger partial charge in [0.15, 0.2) is 11.2 Å². The molecule has 0 saturated carbocycles. The molecule has 0 unspecified atom stereocenters. The number of fused-ring (bicyclic) bond motifs is 12. The molecule has 16 aromatic carbocycles. The Labute approximate surface area is 616 Å². The highest BCUT2D eigenvalue weighted by molar-refractivity contribution is 6.11. The SMILES string of the molecule is CC1(C)c2ccccc2-c2ccc(N(c3ccc(-c4cccc5c4ccc4oc(-c6cccc(-c7ccc(-c8ccccc8)c(N(c8ccc(-c9cccc%10c9ccc9nc(-c%11ccccc%11)oc9%10)cc8)c8ccc9c(c8)C(C)(C)c8ccccc8-9)c7)c6)nc45)cc3)c3cccc(-c4ccccc4)c3)cc21. The molecule has 20 rings (SSSR count). The number of rotatable bonds is 13. The Morgan fingerprint density at radius 2 is 0.679 bits per heavy atom. The third kappa shape index (κ3) is 10.3. The minimum Gasteiger partial charge on any atom is -0.436 e. The van der Waals surface area contributed by atoms with Crippen molar-refractivity contribution in [3.8, 4) is 101 Å². The Morgan fingerprint density at radius 1 is 0.245 bits per heavy atom. The number of oxazole rings is 2. The minimum absolute atomic E-state index is 0.152. The molecule has 2 aromatic heterocycles. The summed E-state index contributed by atoms with van der Waals surface area (Å²) in [5, 5.41) is 4.26. The standard InChI is InChI=1S/C100H70N4O2/c1-99(2)88-38-16-14-32-82(88)84-52-49-75(61-90(84)99)103(74-31-19-29-69(59-74)63-22-8-5-9-23-63)72-45-40-65(41-46-72)77-34-20-36-86-80(77)55-57-94-95(86)102-98(105-94)71-30-18-28-68(58-71)70-44-51-79(64-24-10-6-11-25-64)93(60-70)104(76-50-53-85-83-33-15-17-39-89(83)100(3,4)91(85)62-76)73-47-42-66(43-48-73)78-35-21-37-87-81(78)54-56-92-96(87)106-97(101-92)67-26-12-7-13-27-67/h5-62H,1-4H3. The minimum atomic E-state index is -0.225. The molecule has 2 heterocycles. The summed E-state index contributed by atoms with van der Waals surface area (Å²) in [5.74, 6) is 1.18. The fraction of sp³-hybridized carbons (Fsp3) is 0.0600. The Kier molecular flexibility index (Phi) is 14.5. The molecular formula is C100H70N4O2. The third-order valence-electron chi connectivity index (χ3n) is 22.4. The van der Waals surface area contributed by atoms with Crippen LogP contribution in [0.15, 0.2) is 361 Å². The van der Waals surface area contributed by atoms with Gasteiger partial charge in [0, 0.05) is 66.7 Å². The monoisotopic (exact) mass is 1360 g/mol. The number of hydrogen-bond acceptors (Lipinski definition) is 6. The number of anilines is 6. The molecule has 0 amide bonds. The summed E-state index contributed by atoms with van der Waals surface area (Å²) in [7, 11) is 0. The van der Waals surface area contributed by atoms with Crippen LogP contribution in [-0.4, -0.2) is 9.97 Å². The van der Waals surface area contributed by atoms with E-state index in [9.17, 15) is 0 Å². The summed E-state index contributed by atoms with van der Waals surface area (Å²) in [5.41, 5.74) is 32.6. The smallest absolute Gasteiger partial charge is 0.227 e. The van der Waals surface area contributed by atoms with Crippen LogP contribution in [0, 0.1) is 0 Å². The van der Waals surface area contributed by atoms with E-state index in [1.54, 1.807) is 0 Å². The van der Waals surface area contributed by atoms with Gasteiger partial charge in [0.25, 0.3) is 0 Å². The molecule has 0 fully saturated rings. The molecule has 2 aliphatic rings. The van der Waals surface area contributed by atoms with Crippen LogP contribution in [0.4, 0.5) is 34.1 Å². The third-order valence-corrected chi connectivity index (χ3v) is 22.4. The predicted octanol–water partition coefficient (Wildman–Crippen LogP) is 27.5. The molecule has 0 radical (unpaired) electrons. The van der Waals surface area contributed by atoms with Crippen LogP contribution in [0.3, 0.4) is 0 Å². The molecule has 2 aliphatic carbocycles. The molecule has 18 aromatic rings. The van der Waals surface area contributed by atoms with Gasteiger partial charge < -0.3 is 18.6 Å². The first-order valence-electron chi connectivity index (χ1n) is 36.5. The van der Waals surface area contributed by atoms with Crippen LogP contribution in [0.1, 0.15) is 49.9 Å². The molecule has 6 heteroatoms. The average Bonchev–Trinajstić information content (AvgIpc) is 1.57. The van der Waals surface area contributed by atoms with Gasteiger partial charge in [-0.2, -0.15) is 0 Å². The van der Waals surface area contributed by atoms with E-state index in [2.05, 4.69) is 359 Å². The number of hydrogen-bond donors (Lipinski definition) is 0. The highest BCUT2D eigenvalue weighted by Crippen LogP contribution is 2.54. The molecule has 0 N–H and O–H groups in total. The van der Waals surface area contributed by atoms with E-state index in [1.807, 2.05) is 30.3 Å². The van der Waals surface area contributed by atoms with E-state index in [0.717, 1.165) is 134 Å². The summed E-state index contributed by atoms with van der Waals surface area (Å²) in [6.45, 7) is 9.42. The van der Waals surface area contributed by atoms with Crippen LogP contribution in [-0.2, 0) is 10.8 Å². The van der Waals surface area contributed by atoms with Crippen LogP contribution in [0.2, 0.25) is 0 Å². The Bertz CT molecular complexity index is 6510.